The second kappa shape index (κ2) is 22.9. The van der Waals surface area contributed by atoms with Crippen LogP contribution in [0.5, 0.6) is 29.0 Å². The number of morpholine rings is 1. The highest BCUT2D eigenvalue weighted by Crippen LogP contribution is 2.36. The first-order valence-electron chi connectivity index (χ1n) is 23.2. The predicted octanol–water partition coefficient (Wildman–Crippen LogP) is 5.93. The van der Waals surface area contributed by atoms with Crippen LogP contribution in [0.3, 0.4) is 0 Å². The summed E-state index contributed by atoms with van der Waals surface area (Å²) in [6.07, 6.45) is 10.8. The summed E-state index contributed by atoms with van der Waals surface area (Å²) in [7, 11) is 5.20. The number of aromatic nitrogens is 6. The van der Waals surface area contributed by atoms with Crippen molar-refractivity contribution in [3.63, 3.8) is 0 Å². The number of hydrogen-bond acceptors (Lipinski definition) is 17. The zero-order valence-corrected chi connectivity index (χ0v) is 39.2. The molecule has 0 atom stereocenters. The van der Waals surface area contributed by atoms with E-state index >= 15 is 0 Å². The minimum absolute atomic E-state index is 0.0413. The van der Waals surface area contributed by atoms with Gasteiger partial charge in [0.15, 0.2) is 23.3 Å². The number of carbonyl (C=O) groups is 2. The van der Waals surface area contributed by atoms with Crippen LogP contribution in [0.4, 0.5) is 28.7 Å². The summed E-state index contributed by atoms with van der Waals surface area (Å²) in [5.41, 5.74) is 4.30. The second-order valence-electron chi connectivity index (χ2n) is 16.7. The number of ether oxygens (including phenoxy) is 4. The summed E-state index contributed by atoms with van der Waals surface area (Å²) in [6, 6.07) is 11.2. The Morgan fingerprint density at radius 3 is 1.78 bits per heavy atom. The zero-order chi connectivity index (χ0) is 48.1. The fraction of sp³-hybridized carbons (Fsp3) is 0.417. The monoisotopic (exact) mass is 945 g/mol. The van der Waals surface area contributed by atoms with Gasteiger partial charge in [0.05, 0.1) is 72.5 Å². The first-order chi connectivity index (χ1) is 33.7. The van der Waals surface area contributed by atoms with Crippen LogP contribution in [0.2, 0.25) is 0 Å². The van der Waals surface area contributed by atoms with Gasteiger partial charge < -0.3 is 64.5 Å². The van der Waals surface area contributed by atoms with Gasteiger partial charge in [0.25, 0.3) is 0 Å². The van der Waals surface area contributed by atoms with Crippen LogP contribution in [-0.2, 0) is 14.3 Å². The van der Waals surface area contributed by atoms with Crippen molar-refractivity contribution < 1.29 is 38.7 Å². The molecule has 7 heterocycles. The predicted molar refractivity (Wildman–Crippen MR) is 264 cm³/mol. The molecule has 69 heavy (non-hydrogen) atoms. The highest BCUT2D eigenvalue weighted by molar-refractivity contribution is 6.07. The van der Waals surface area contributed by atoms with Gasteiger partial charge in [0.1, 0.15) is 41.3 Å². The molecule has 21 nitrogen and oxygen atoms in total. The number of aliphatic imine (C=N–C) groups is 2. The maximum absolute atomic E-state index is 12.6. The Labute approximate surface area is 399 Å². The van der Waals surface area contributed by atoms with Gasteiger partial charge in [0.2, 0.25) is 11.8 Å². The quantitative estimate of drug-likeness (QED) is 0.118. The number of rotatable bonds is 2. The molecule has 4 bridgehead atoms. The molecule has 0 unspecified atom stereocenters. The molecule has 3 aliphatic rings. The fourth-order valence-corrected chi connectivity index (χ4v) is 8.10. The lowest BCUT2D eigenvalue weighted by atomic mass is 10.2. The molecule has 4 aromatic heterocycles. The van der Waals surface area contributed by atoms with E-state index in [2.05, 4.69) is 55.4 Å². The molecule has 6 N–H and O–H groups in total. The highest BCUT2D eigenvalue weighted by atomic mass is 16.5. The Morgan fingerprint density at radius 1 is 0.623 bits per heavy atom. The van der Waals surface area contributed by atoms with Crippen molar-refractivity contribution in [1.82, 2.24) is 39.7 Å². The van der Waals surface area contributed by atoms with Crippen LogP contribution < -0.4 is 29.7 Å². The highest BCUT2D eigenvalue weighted by Gasteiger charge is 2.20. The van der Waals surface area contributed by atoms with E-state index in [0.717, 1.165) is 56.6 Å². The Kier molecular flexibility index (Phi) is 15.8. The van der Waals surface area contributed by atoms with E-state index in [-0.39, 0.29) is 23.6 Å². The van der Waals surface area contributed by atoms with Gasteiger partial charge in [-0.15, -0.1) is 0 Å². The van der Waals surface area contributed by atoms with Crippen LogP contribution in [0.15, 0.2) is 59.0 Å². The SMILES string of the molecule is CN1CCNc2ncnc3[nH]c(O)c(c23)C=Nc2ccc(N3CCOCC3)c(c2)OCCCCC1=O.COc1ccc2cc1OCCCCC(=O)N(C)CCCNc1ncnc3[nH]c(O)c(c13)C=N2. The zero-order valence-electron chi connectivity index (χ0n) is 39.2. The van der Waals surface area contributed by atoms with Gasteiger partial charge >= 0.3 is 0 Å². The number of carbonyl (C=O) groups excluding carboxylic acids is 2. The Hall–Kier alpha value is -7.68. The number of amides is 2. The number of likely N-dealkylation sites (N-methyl/N-ethyl adjacent to an activating group) is 1. The number of methoxy groups -OCH3 is 1. The van der Waals surface area contributed by atoms with E-state index in [1.807, 2.05) is 25.2 Å². The Morgan fingerprint density at radius 2 is 1.17 bits per heavy atom. The number of nitrogens with one attached hydrogen (secondary N) is 4. The van der Waals surface area contributed by atoms with Gasteiger partial charge in [-0.2, -0.15) is 0 Å². The molecule has 6 aromatic rings. The normalized spacial score (nSPS) is 16.9. The molecule has 1 fully saturated rings. The second-order valence-corrected chi connectivity index (χ2v) is 16.7. The van der Waals surface area contributed by atoms with Crippen LogP contribution in [0.1, 0.15) is 56.1 Å². The van der Waals surface area contributed by atoms with Crippen LogP contribution in [0.25, 0.3) is 22.1 Å². The van der Waals surface area contributed by atoms with Crippen molar-refractivity contribution in [2.75, 3.05) is 102 Å². The molecular formula is C48H59N13O8. The van der Waals surface area contributed by atoms with Crippen molar-refractivity contribution in [3.8, 4) is 29.0 Å². The molecule has 3 aliphatic heterocycles. The Bertz CT molecular complexity index is 2790. The summed E-state index contributed by atoms with van der Waals surface area (Å²) in [6.45, 7) is 6.17. The van der Waals surface area contributed by atoms with E-state index in [1.165, 1.54) is 12.7 Å². The molecule has 0 saturated carbocycles. The largest absolute Gasteiger partial charge is 0.494 e. The number of aromatic amines is 2. The van der Waals surface area contributed by atoms with Gasteiger partial charge in [-0.1, -0.05) is 0 Å². The molecule has 21 heteroatoms. The minimum Gasteiger partial charge on any atom is -0.494 e. The fourth-order valence-electron chi connectivity index (χ4n) is 8.10. The molecule has 2 aromatic carbocycles. The van der Waals surface area contributed by atoms with E-state index in [9.17, 15) is 19.8 Å². The molecule has 9 rings (SSSR count). The molecular weight excluding hydrogens is 887 g/mol. The maximum atomic E-state index is 12.6. The lowest BCUT2D eigenvalue weighted by Crippen LogP contribution is -2.36. The standard InChI is InChI=1S/C25H31N7O4.C23H28N6O4/c1-31-8-7-26-23-22-18(25(34)30-24(22)29-16-28-23)15-27-17-5-6-19(32-9-12-35-13-10-32)20(14-17)36-11-3-2-4-21(31)33;1-29-10-5-9-24-21-20-16(23(31)28-22(20)27-14-26-21)13-25-15-7-8-17(32-2)18(12-15)33-11-4-3-6-19(29)30/h5-6,14-16,34H,2-4,7-13H2,1H3,(H2,26,28,29,30);7-8,12-14,31H,3-6,9-11H2,1-2H3,(H2,24,26,27,28). The molecule has 2 amide bonds. The summed E-state index contributed by atoms with van der Waals surface area (Å²) >= 11 is 0. The average molecular weight is 946 g/mol. The number of nitrogens with zero attached hydrogens (tertiary/aromatic N) is 9. The van der Waals surface area contributed by atoms with E-state index in [1.54, 1.807) is 54.6 Å². The third-order valence-corrected chi connectivity index (χ3v) is 12.0. The summed E-state index contributed by atoms with van der Waals surface area (Å²) in [4.78, 5) is 62.8. The number of H-pyrrole nitrogens is 2. The topological polar surface area (TPSA) is 253 Å². The maximum Gasteiger partial charge on any atom is 0.222 e. The van der Waals surface area contributed by atoms with E-state index in [0.29, 0.717) is 133 Å². The van der Waals surface area contributed by atoms with Gasteiger partial charge in [-0.3, -0.25) is 19.6 Å². The van der Waals surface area contributed by atoms with E-state index in [4.69, 9.17) is 18.9 Å². The lowest BCUT2D eigenvalue weighted by molar-refractivity contribution is -0.130. The minimum atomic E-state index is -0.0430. The van der Waals surface area contributed by atoms with Crippen molar-refractivity contribution in [2.24, 2.45) is 9.98 Å². The summed E-state index contributed by atoms with van der Waals surface area (Å²) in [5.74, 6) is 3.18. The average Bonchev–Trinajstić information content (AvgIpc) is 3.87. The molecule has 0 aliphatic carbocycles. The number of fused-ring (bicyclic) bond motifs is 4. The number of aromatic hydroxyl groups is 2. The van der Waals surface area contributed by atoms with Crippen molar-refractivity contribution in [3.05, 3.63) is 60.2 Å². The third-order valence-electron chi connectivity index (χ3n) is 12.0. The molecule has 1 saturated heterocycles. The van der Waals surface area contributed by atoms with E-state index < -0.39 is 0 Å². The molecule has 364 valence electrons. The first kappa shape index (κ1) is 47.8. The van der Waals surface area contributed by atoms with Crippen molar-refractivity contribution in [2.45, 2.75) is 44.9 Å². The van der Waals surface area contributed by atoms with Crippen LogP contribution in [-0.4, -0.2) is 161 Å². The lowest BCUT2D eigenvalue weighted by Gasteiger charge is -2.30. The first-order valence-corrected chi connectivity index (χ1v) is 23.2. The Balaban J connectivity index is 0.000000187. The summed E-state index contributed by atoms with van der Waals surface area (Å²) < 4.78 is 23.0. The number of benzene rings is 2. The number of anilines is 3. The smallest absolute Gasteiger partial charge is 0.222 e. The molecule has 0 radical (unpaired) electrons. The van der Waals surface area contributed by atoms with Gasteiger partial charge in [0, 0.05) is 90.8 Å². The van der Waals surface area contributed by atoms with Crippen LogP contribution in [0, 0.1) is 0 Å². The van der Waals surface area contributed by atoms with Gasteiger partial charge in [-0.25, -0.2) is 19.9 Å². The van der Waals surface area contributed by atoms with Crippen molar-refractivity contribution >= 4 is 75.0 Å². The number of hydrogen-bond donors (Lipinski definition) is 6. The van der Waals surface area contributed by atoms with Crippen molar-refractivity contribution in [1.29, 1.82) is 0 Å². The third kappa shape index (κ3) is 11.9. The molecule has 0 spiro atoms. The summed E-state index contributed by atoms with van der Waals surface area (Å²) in [5, 5.41) is 28.9. The van der Waals surface area contributed by atoms with Crippen LogP contribution >= 0.6 is 0 Å². The van der Waals surface area contributed by atoms with Gasteiger partial charge in [-0.05, 0) is 56.4 Å².